The molecule has 0 saturated carbocycles. The molecule has 38 heavy (non-hydrogen) atoms. The number of aromatic amines is 1. The number of hydrogen-bond donors (Lipinski definition) is 3. The van der Waals surface area contributed by atoms with Crippen LogP contribution in [0.3, 0.4) is 0 Å². The van der Waals surface area contributed by atoms with E-state index in [0.29, 0.717) is 25.2 Å². The molecule has 9 heteroatoms. The van der Waals surface area contributed by atoms with Crippen molar-refractivity contribution < 1.29 is 27.8 Å². The number of aromatic nitrogens is 1. The molecule has 5 rings (SSSR count). The Balaban J connectivity index is 1.53. The third-order valence-corrected chi connectivity index (χ3v) is 8.14. The molecule has 0 aliphatic carbocycles. The van der Waals surface area contributed by atoms with Crippen molar-refractivity contribution in [2.75, 3.05) is 32.8 Å². The normalized spacial score (nSPS) is 22.0. The van der Waals surface area contributed by atoms with E-state index < -0.39 is 48.9 Å². The van der Waals surface area contributed by atoms with E-state index in [-0.39, 0.29) is 17.0 Å². The quantitative estimate of drug-likeness (QED) is 0.332. The molecule has 3 aromatic rings. The van der Waals surface area contributed by atoms with Gasteiger partial charge in [0.1, 0.15) is 18.2 Å². The van der Waals surface area contributed by atoms with E-state index in [0.717, 1.165) is 48.0 Å². The first-order chi connectivity index (χ1) is 18.1. The molecule has 2 aliphatic heterocycles. The molecule has 206 valence electrons. The fourth-order valence-electron chi connectivity index (χ4n) is 6.06. The van der Waals surface area contributed by atoms with Gasteiger partial charge in [-0.05, 0) is 55.6 Å². The Morgan fingerprint density at radius 3 is 2.47 bits per heavy atom. The molecule has 0 bridgehead atoms. The largest absolute Gasteiger partial charge is 0.390 e. The Hall–Kier alpha value is -2.46. The van der Waals surface area contributed by atoms with Gasteiger partial charge in [0.2, 0.25) is 0 Å². The lowest BCUT2D eigenvalue weighted by Crippen LogP contribution is -2.50. The van der Waals surface area contributed by atoms with Crippen molar-refractivity contribution in [1.82, 2.24) is 14.8 Å². The van der Waals surface area contributed by atoms with Gasteiger partial charge in [0.25, 0.3) is 5.92 Å². The predicted octanol–water partition coefficient (Wildman–Crippen LogP) is 5.18. The van der Waals surface area contributed by atoms with Crippen molar-refractivity contribution in [3.05, 3.63) is 70.4 Å². The molecule has 2 aliphatic rings. The van der Waals surface area contributed by atoms with E-state index in [4.69, 9.17) is 0 Å². The lowest BCUT2D eigenvalue weighted by Gasteiger charge is -2.43. The zero-order valence-corrected chi connectivity index (χ0v) is 21.7. The van der Waals surface area contributed by atoms with Crippen LogP contribution in [0, 0.1) is 17.6 Å². The fraction of sp³-hybridized carbons (Fsp3) is 0.517. The SMILES string of the molecule is CCCCN1CC([C@H](O)c2cc(F)c([C@@H]3c4[nH]c5ccccc5c4C[C@@H](C)N3CC(F)(F)CO)c(F)c2)C1. The van der Waals surface area contributed by atoms with E-state index in [9.17, 15) is 19.0 Å². The van der Waals surface area contributed by atoms with Crippen LogP contribution in [-0.4, -0.2) is 69.7 Å². The zero-order chi connectivity index (χ0) is 27.2. The highest BCUT2D eigenvalue weighted by molar-refractivity contribution is 5.85. The van der Waals surface area contributed by atoms with Crippen LogP contribution >= 0.6 is 0 Å². The number of aliphatic hydroxyl groups is 2. The number of fused-ring (bicyclic) bond motifs is 3. The summed E-state index contributed by atoms with van der Waals surface area (Å²) in [6.07, 6.45) is 1.52. The van der Waals surface area contributed by atoms with Gasteiger partial charge in [-0.2, -0.15) is 0 Å². The lowest BCUT2D eigenvalue weighted by molar-refractivity contribution is -0.0869. The average Bonchev–Trinajstić information content (AvgIpc) is 3.22. The summed E-state index contributed by atoms with van der Waals surface area (Å²) in [7, 11) is 0. The van der Waals surface area contributed by atoms with Crippen LogP contribution < -0.4 is 0 Å². The molecule has 2 aromatic carbocycles. The van der Waals surface area contributed by atoms with Gasteiger partial charge in [-0.15, -0.1) is 0 Å². The van der Waals surface area contributed by atoms with Crippen LogP contribution in [0.25, 0.3) is 10.9 Å². The minimum Gasteiger partial charge on any atom is -0.390 e. The number of hydrogen-bond acceptors (Lipinski definition) is 4. The first-order valence-corrected chi connectivity index (χ1v) is 13.4. The van der Waals surface area contributed by atoms with E-state index in [1.165, 1.54) is 4.90 Å². The van der Waals surface area contributed by atoms with Crippen LogP contribution in [0.15, 0.2) is 36.4 Å². The number of halogens is 4. The molecule has 0 amide bonds. The van der Waals surface area contributed by atoms with Gasteiger partial charge in [0.05, 0.1) is 18.7 Å². The number of unbranched alkanes of at least 4 members (excludes halogenated alkanes) is 1. The van der Waals surface area contributed by atoms with E-state index >= 15 is 8.78 Å². The summed E-state index contributed by atoms with van der Waals surface area (Å²) in [4.78, 5) is 6.80. The summed E-state index contributed by atoms with van der Waals surface area (Å²) in [5.41, 5.74) is 1.88. The van der Waals surface area contributed by atoms with Gasteiger partial charge in [-0.25, -0.2) is 17.6 Å². The highest BCUT2D eigenvalue weighted by Crippen LogP contribution is 2.44. The maximum Gasteiger partial charge on any atom is 0.283 e. The van der Waals surface area contributed by atoms with Crippen molar-refractivity contribution >= 4 is 10.9 Å². The lowest BCUT2D eigenvalue weighted by atomic mass is 9.85. The van der Waals surface area contributed by atoms with Crippen LogP contribution in [0.2, 0.25) is 0 Å². The Morgan fingerprint density at radius 2 is 1.82 bits per heavy atom. The van der Waals surface area contributed by atoms with Crippen molar-refractivity contribution in [1.29, 1.82) is 0 Å². The van der Waals surface area contributed by atoms with Gasteiger partial charge in [-0.1, -0.05) is 31.5 Å². The molecule has 3 atom stereocenters. The summed E-state index contributed by atoms with van der Waals surface area (Å²) >= 11 is 0. The maximum atomic E-state index is 15.8. The molecular weight excluding hydrogens is 498 g/mol. The van der Waals surface area contributed by atoms with Crippen LogP contribution in [-0.2, 0) is 6.42 Å². The van der Waals surface area contributed by atoms with Crippen molar-refractivity contribution in [2.45, 2.75) is 57.2 Å². The first-order valence-electron chi connectivity index (χ1n) is 13.4. The number of nitrogens with one attached hydrogen (secondary N) is 1. The molecule has 1 aromatic heterocycles. The topological polar surface area (TPSA) is 62.7 Å². The third-order valence-electron chi connectivity index (χ3n) is 8.14. The van der Waals surface area contributed by atoms with E-state index in [1.54, 1.807) is 6.92 Å². The first kappa shape index (κ1) is 27.1. The van der Waals surface area contributed by atoms with Crippen LogP contribution in [0.5, 0.6) is 0 Å². The molecule has 3 N–H and O–H groups in total. The molecule has 1 saturated heterocycles. The van der Waals surface area contributed by atoms with Crippen molar-refractivity contribution in [2.24, 2.45) is 5.92 Å². The fourth-order valence-corrected chi connectivity index (χ4v) is 6.06. The summed E-state index contributed by atoms with van der Waals surface area (Å²) in [5, 5.41) is 21.0. The number of H-pyrrole nitrogens is 1. The number of nitrogens with zero attached hydrogens (tertiary/aromatic N) is 2. The molecule has 3 heterocycles. The molecule has 0 spiro atoms. The molecule has 1 fully saturated rings. The van der Waals surface area contributed by atoms with Gasteiger partial charge >= 0.3 is 0 Å². The Bertz CT molecular complexity index is 1270. The van der Waals surface area contributed by atoms with Gasteiger partial charge in [0, 0.05) is 47.2 Å². The van der Waals surface area contributed by atoms with E-state index in [2.05, 4.69) is 16.8 Å². The Morgan fingerprint density at radius 1 is 1.13 bits per heavy atom. The smallest absolute Gasteiger partial charge is 0.283 e. The second kappa shape index (κ2) is 10.6. The van der Waals surface area contributed by atoms with Crippen LogP contribution in [0.1, 0.15) is 61.2 Å². The van der Waals surface area contributed by atoms with Gasteiger partial charge in [0.15, 0.2) is 0 Å². The standard InChI is InChI=1S/C29H35F4N3O2/c1-3-4-9-35-13-19(14-35)28(38)18-11-22(30)25(23(31)12-18)27-26-21(20-7-5-6-8-24(20)34-26)10-17(2)36(27)15-29(32,33)16-37/h5-8,11-12,17,19,27-28,34,37-38H,3-4,9-10,13-16H2,1-2H3/t17-,27-,28-/m1/s1. The van der Waals surface area contributed by atoms with Gasteiger partial charge < -0.3 is 20.1 Å². The number of aliphatic hydroxyl groups excluding tert-OH is 2. The van der Waals surface area contributed by atoms with E-state index in [1.807, 2.05) is 24.3 Å². The summed E-state index contributed by atoms with van der Waals surface area (Å²) in [6.45, 7) is 3.89. The Labute approximate surface area is 220 Å². The minimum atomic E-state index is -3.45. The number of rotatable bonds is 9. The number of benzene rings is 2. The molecular formula is C29H35F4N3O2. The molecule has 5 nitrogen and oxygen atoms in total. The average molecular weight is 534 g/mol. The summed E-state index contributed by atoms with van der Waals surface area (Å²) in [6, 6.07) is 8.10. The number of alkyl halides is 2. The monoisotopic (exact) mass is 533 g/mol. The molecule has 0 radical (unpaired) electrons. The highest BCUT2D eigenvalue weighted by atomic mass is 19.3. The Kier molecular flexibility index (Phi) is 7.57. The third kappa shape index (κ3) is 4.97. The minimum absolute atomic E-state index is 0.119. The van der Waals surface area contributed by atoms with Crippen molar-refractivity contribution in [3.8, 4) is 0 Å². The maximum absolute atomic E-state index is 15.8. The van der Waals surface area contributed by atoms with Crippen LogP contribution in [0.4, 0.5) is 17.6 Å². The summed E-state index contributed by atoms with van der Waals surface area (Å²) in [5.74, 6) is -5.34. The second-order valence-corrected chi connectivity index (χ2v) is 10.9. The zero-order valence-electron chi connectivity index (χ0n) is 21.7. The predicted molar refractivity (Wildman–Crippen MR) is 138 cm³/mol. The number of likely N-dealkylation sites (tertiary alicyclic amines) is 1. The highest BCUT2D eigenvalue weighted by Gasteiger charge is 2.44. The summed E-state index contributed by atoms with van der Waals surface area (Å²) < 4.78 is 60.6. The second-order valence-electron chi connectivity index (χ2n) is 10.9. The number of para-hydroxylation sites is 1. The molecule has 0 unspecified atom stereocenters. The van der Waals surface area contributed by atoms with Gasteiger partial charge in [-0.3, -0.25) is 4.90 Å². The van der Waals surface area contributed by atoms with Crippen molar-refractivity contribution in [3.63, 3.8) is 0 Å².